The van der Waals surface area contributed by atoms with Gasteiger partial charge < -0.3 is 10.1 Å². The number of ether oxygens (including phenoxy) is 1. The Balaban J connectivity index is 2.13. The molecule has 106 valence electrons. The van der Waals surface area contributed by atoms with Crippen molar-refractivity contribution in [3.8, 4) is 11.6 Å². The van der Waals surface area contributed by atoms with E-state index >= 15 is 0 Å². The molecule has 1 aromatic heterocycles. The Labute approximate surface area is 121 Å². The van der Waals surface area contributed by atoms with Gasteiger partial charge in [-0.2, -0.15) is 0 Å². The fourth-order valence-electron chi connectivity index (χ4n) is 1.87. The normalized spacial score (nSPS) is 10.8. The van der Waals surface area contributed by atoms with E-state index in [-0.39, 0.29) is 0 Å². The molecule has 1 N–H and O–H groups in total. The molecule has 0 saturated heterocycles. The second-order valence-corrected chi connectivity index (χ2v) is 5.30. The van der Waals surface area contributed by atoms with Crippen LogP contribution in [0.3, 0.4) is 0 Å². The van der Waals surface area contributed by atoms with E-state index in [4.69, 9.17) is 4.74 Å². The second-order valence-electron chi connectivity index (χ2n) is 5.30. The van der Waals surface area contributed by atoms with Crippen LogP contribution in [0.15, 0.2) is 36.4 Å². The molecular weight excluding hydrogens is 248 g/mol. The molecule has 1 heterocycles. The maximum atomic E-state index is 5.90. The number of nitrogens with zero attached hydrogens (tertiary/aromatic N) is 1. The summed E-state index contributed by atoms with van der Waals surface area (Å²) in [6.07, 6.45) is 0. The van der Waals surface area contributed by atoms with Gasteiger partial charge in [0.2, 0.25) is 5.88 Å². The van der Waals surface area contributed by atoms with Crippen LogP contribution in [0.5, 0.6) is 11.6 Å². The molecule has 1 aromatic carbocycles. The standard InChI is InChI=1S/C17H22N2O/c1-12(2)18-11-15-8-6-10-17(19-15)20-16-9-5-7-13(3)14(16)4/h5-10,12,18H,11H2,1-4H3. The highest BCUT2D eigenvalue weighted by molar-refractivity contribution is 5.40. The molecule has 3 heteroatoms. The maximum absolute atomic E-state index is 5.90. The van der Waals surface area contributed by atoms with Gasteiger partial charge in [-0.15, -0.1) is 0 Å². The molecule has 0 aliphatic rings. The predicted octanol–water partition coefficient (Wildman–Crippen LogP) is 3.99. The lowest BCUT2D eigenvalue weighted by atomic mass is 10.1. The third kappa shape index (κ3) is 3.81. The zero-order valence-electron chi connectivity index (χ0n) is 12.6. The van der Waals surface area contributed by atoms with E-state index in [0.29, 0.717) is 11.9 Å². The predicted molar refractivity (Wildman–Crippen MR) is 82.2 cm³/mol. The van der Waals surface area contributed by atoms with Gasteiger partial charge in [-0.1, -0.05) is 32.0 Å². The molecule has 2 aromatic rings. The van der Waals surface area contributed by atoms with Gasteiger partial charge in [0.15, 0.2) is 0 Å². The van der Waals surface area contributed by atoms with Crippen molar-refractivity contribution >= 4 is 0 Å². The molecule has 0 amide bonds. The van der Waals surface area contributed by atoms with Crippen molar-refractivity contribution in [3.63, 3.8) is 0 Å². The number of pyridine rings is 1. The smallest absolute Gasteiger partial charge is 0.219 e. The zero-order valence-corrected chi connectivity index (χ0v) is 12.6. The molecule has 0 atom stereocenters. The van der Waals surface area contributed by atoms with Crippen LogP contribution in [0.1, 0.15) is 30.7 Å². The van der Waals surface area contributed by atoms with Gasteiger partial charge in [0, 0.05) is 18.7 Å². The Kier molecular flexibility index (Phi) is 4.74. The molecule has 0 radical (unpaired) electrons. The summed E-state index contributed by atoms with van der Waals surface area (Å²) in [6.45, 7) is 9.14. The number of rotatable bonds is 5. The Morgan fingerprint density at radius 3 is 2.60 bits per heavy atom. The highest BCUT2D eigenvalue weighted by Gasteiger charge is 2.05. The van der Waals surface area contributed by atoms with E-state index in [9.17, 15) is 0 Å². The number of aryl methyl sites for hydroxylation is 1. The van der Waals surface area contributed by atoms with Crippen molar-refractivity contribution in [2.24, 2.45) is 0 Å². The summed E-state index contributed by atoms with van der Waals surface area (Å²) >= 11 is 0. The fourth-order valence-corrected chi connectivity index (χ4v) is 1.87. The van der Waals surface area contributed by atoms with Crippen LogP contribution in [-0.4, -0.2) is 11.0 Å². The van der Waals surface area contributed by atoms with Crippen LogP contribution in [0.2, 0.25) is 0 Å². The van der Waals surface area contributed by atoms with E-state index in [1.807, 2.05) is 30.3 Å². The highest BCUT2D eigenvalue weighted by atomic mass is 16.5. The first-order chi connectivity index (χ1) is 9.56. The van der Waals surface area contributed by atoms with Crippen molar-refractivity contribution in [1.82, 2.24) is 10.3 Å². The van der Waals surface area contributed by atoms with Crippen molar-refractivity contribution in [2.45, 2.75) is 40.3 Å². The summed E-state index contributed by atoms with van der Waals surface area (Å²) in [4.78, 5) is 4.53. The van der Waals surface area contributed by atoms with Gasteiger partial charge in [0.05, 0.1) is 5.69 Å². The lowest BCUT2D eigenvalue weighted by Gasteiger charge is -2.11. The van der Waals surface area contributed by atoms with E-state index in [2.05, 4.69) is 44.1 Å². The van der Waals surface area contributed by atoms with Gasteiger partial charge in [0.1, 0.15) is 5.75 Å². The van der Waals surface area contributed by atoms with Crippen LogP contribution in [0.4, 0.5) is 0 Å². The summed E-state index contributed by atoms with van der Waals surface area (Å²) < 4.78 is 5.90. The molecular formula is C17H22N2O. The Bertz CT molecular complexity index is 579. The Morgan fingerprint density at radius 2 is 1.85 bits per heavy atom. The number of nitrogens with one attached hydrogen (secondary N) is 1. The van der Waals surface area contributed by atoms with E-state index in [1.54, 1.807) is 0 Å². The Morgan fingerprint density at radius 1 is 1.10 bits per heavy atom. The molecule has 2 rings (SSSR count). The summed E-state index contributed by atoms with van der Waals surface area (Å²) in [7, 11) is 0. The molecule has 0 spiro atoms. The average Bonchev–Trinajstić information content (AvgIpc) is 2.42. The Hall–Kier alpha value is -1.87. The third-order valence-electron chi connectivity index (χ3n) is 3.24. The zero-order chi connectivity index (χ0) is 14.5. The van der Waals surface area contributed by atoms with Crippen LogP contribution < -0.4 is 10.1 Å². The summed E-state index contributed by atoms with van der Waals surface area (Å²) in [5, 5.41) is 3.36. The van der Waals surface area contributed by atoms with E-state index in [1.165, 1.54) is 5.56 Å². The van der Waals surface area contributed by atoms with E-state index < -0.39 is 0 Å². The van der Waals surface area contributed by atoms with Crippen molar-refractivity contribution in [3.05, 3.63) is 53.2 Å². The van der Waals surface area contributed by atoms with Crippen LogP contribution in [0.25, 0.3) is 0 Å². The van der Waals surface area contributed by atoms with Crippen molar-refractivity contribution in [1.29, 1.82) is 0 Å². The molecule has 0 bridgehead atoms. The molecule has 3 nitrogen and oxygen atoms in total. The van der Waals surface area contributed by atoms with Crippen molar-refractivity contribution in [2.75, 3.05) is 0 Å². The number of hydrogen-bond donors (Lipinski definition) is 1. The highest BCUT2D eigenvalue weighted by Crippen LogP contribution is 2.25. The lowest BCUT2D eigenvalue weighted by molar-refractivity contribution is 0.454. The minimum absolute atomic E-state index is 0.445. The van der Waals surface area contributed by atoms with Crippen molar-refractivity contribution < 1.29 is 4.74 Å². The largest absolute Gasteiger partial charge is 0.439 e. The van der Waals surface area contributed by atoms with Gasteiger partial charge in [-0.05, 0) is 37.1 Å². The summed E-state index contributed by atoms with van der Waals surface area (Å²) in [6, 6.07) is 12.4. The van der Waals surface area contributed by atoms with E-state index in [0.717, 1.165) is 23.6 Å². The van der Waals surface area contributed by atoms with Crippen LogP contribution >= 0.6 is 0 Å². The maximum Gasteiger partial charge on any atom is 0.219 e. The van der Waals surface area contributed by atoms with Gasteiger partial charge in [0.25, 0.3) is 0 Å². The molecule has 0 unspecified atom stereocenters. The molecule has 0 aliphatic heterocycles. The molecule has 0 saturated carbocycles. The molecule has 0 fully saturated rings. The van der Waals surface area contributed by atoms with Crippen LogP contribution in [-0.2, 0) is 6.54 Å². The molecule has 0 aliphatic carbocycles. The first-order valence-electron chi connectivity index (χ1n) is 6.99. The summed E-state index contributed by atoms with van der Waals surface area (Å²) in [5.74, 6) is 1.51. The number of benzene rings is 1. The first kappa shape index (κ1) is 14.5. The first-order valence-corrected chi connectivity index (χ1v) is 6.99. The minimum Gasteiger partial charge on any atom is -0.439 e. The summed E-state index contributed by atoms with van der Waals surface area (Å²) in [5.41, 5.74) is 3.36. The second kappa shape index (κ2) is 6.53. The molecule has 20 heavy (non-hydrogen) atoms. The van der Waals surface area contributed by atoms with Gasteiger partial charge in [-0.3, -0.25) is 0 Å². The lowest BCUT2D eigenvalue weighted by Crippen LogP contribution is -2.22. The number of aromatic nitrogens is 1. The quantitative estimate of drug-likeness (QED) is 0.892. The minimum atomic E-state index is 0.445. The fraction of sp³-hybridized carbons (Fsp3) is 0.353. The van der Waals surface area contributed by atoms with Gasteiger partial charge >= 0.3 is 0 Å². The van der Waals surface area contributed by atoms with Crippen LogP contribution in [0, 0.1) is 13.8 Å². The average molecular weight is 270 g/mol. The SMILES string of the molecule is Cc1cccc(Oc2cccc(CNC(C)C)n2)c1C. The number of hydrogen-bond acceptors (Lipinski definition) is 3. The topological polar surface area (TPSA) is 34.1 Å². The monoisotopic (exact) mass is 270 g/mol. The third-order valence-corrected chi connectivity index (χ3v) is 3.24. The van der Waals surface area contributed by atoms with Gasteiger partial charge in [-0.25, -0.2) is 4.98 Å².